The normalized spacial score (nSPS) is 22.0. The van der Waals surface area contributed by atoms with E-state index in [1.165, 1.54) is 0 Å². The van der Waals surface area contributed by atoms with Crippen molar-refractivity contribution in [2.75, 3.05) is 24.5 Å². The van der Waals surface area contributed by atoms with Crippen LogP contribution in [-0.4, -0.2) is 44.0 Å². The minimum Gasteiger partial charge on any atom is -0.356 e. The fourth-order valence-electron chi connectivity index (χ4n) is 5.07. The molecule has 6 rings (SSSR count). The third-order valence-corrected chi connectivity index (χ3v) is 6.80. The van der Waals surface area contributed by atoms with Gasteiger partial charge in [-0.05, 0) is 42.5 Å². The number of hydrogen-bond donors (Lipinski definition) is 1. The van der Waals surface area contributed by atoms with Crippen LogP contribution in [0.1, 0.15) is 5.56 Å². The lowest BCUT2D eigenvalue weighted by atomic mass is 10.0. The summed E-state index contributed by atoms with van der Waals surface area (Å²) < 4.78 is 3.54. The first-order chi connectivity index (χ1) is 15.2. The molecule has 2 N–H and O–H groups in total. The Morgan fingerprint density at radius 3 is 2.55 bits per heavy atom. The van der Waals surface area contributed by atoms with Gasteiger partial charge in [-0.2, -0.15) is 15.5 Å². The van der Waals surface area contributed by atoms with Gasteiger partial charge >= 0.3 is 0 Å². The SMILES string of the molecule is Cn1cc(-c2cc(-c3ccc(N4CC5C(CN)C5C4)nc3)c3c(C#N)cnn3c2)cn1. The molecular formula is C23H22N8. The molecule has 4 aromatic heterocycles. The molecular weight excluding hydrogens is 388 g/mol. The van der Waals surface area contributed by atoms with E-state index in [2.05, 4.69) is 39.4 Å². The smallest absolute Gasteiger partial charge is 0.128 e. The molecule has 2 atom stereocenters. The molecule has 8 nitrogen and oxygen atoms in total. The Balaban J connectivity index is 1.39. The van der Waals surface area contributed by atoms with Crippen molar-refractivity contribution in [3.05, 3.63) is 54.7 Å². The van der Waals surface area contributed by atoms with E-state index in [-0.39, 0.29) is 0 Å². The van der Waals surface area contributed by atoms with Crippen LogP contribution in [0.4, 0.5) is 5.82 Å². The number of hydrogen-bond acceptors (Lipinski definition) is 6. The quantitative estimate of drug-likeness (QED) is 0.554. The Labute approximate surface area is 179 Å². The molecule has 0 spiro atoms. The van der Waals surface area contributed by atoms with Crippen molar-refractivity contribution in [2.45, 2.75) is 0 Å². The molecule has 0 radical (unpaired) electrons. The zero-order valence-electron chi connectivity index (χ0n) is 17.2. The zero-order valence-corrected chi connectivity index (χ0v) is 17.2. The maximum absolute atomic E-state index is 9.60. The van der Waals surface area contributed by atoms with E-state index in [0.29, 0.717) is 11.5 Å². The van der Waals surface area contributed by atoms with E-state index in [0.717, 1.165) is 65.1 Å². The summed E-state index contributed by atoms with van der Waals surface area (Å²) in [7, 11) is 1.89. The van der Waals surface area contributed by atoms with Gasteiger partial charge in [0.25, 0.3) is 0 Å². The first-order valence-corrected chi connectivity index (χ1v) is 10.5. The zero-order chi connectivity index (χ0) is 21.1. The molecule has 1 aliphatic carbocycles. The van der Waals surface area contributed by atoms with E-state index in [9.17, 15) is 5.26 Å². The second-order valence-corrected chi connectivity index (χ2v) is 8.55. The summed E-state index contributed by atoms with van der Waals surface area (Å²) in [5.74, 6) is 3.16. The van der Waals surface area contributed by atoms with Gasteiger partial charge < -0.3 is 10.6 Å². The fourth-order valence-corrected chi connectivity index (χ4v) is 5.07. The summed E-state index contributed by atoms with van der Waals surface area (Å²) in [6, 6.07) is 8.51. The van der Waals surface area contributed by atoms with E-state index >= 15 is 0 Å². The van der Waals surface area contributed by atoms with Crippen molar-refractivity contribution in [3.8, 4) is 28.3 Å². The number of aromatic nitrogens is 5. The molecule has 0 amide bonds. The van der Waals surface area contributed by atoms with Crippen LogP contribution in [0.2, 0.25) is 0 Å². The largest absolute Gasteiger partial charge is 0.356 e. The predicted molar refractivity (Wildman–Crippen MR) is 117 cm³/mol. The van der Waals surface area contributed by atoms with Crippen LogP contribution in [-0.2, 0) is 7.05 Å². The van der Waals surface area contributed by atoms with Gasteiger partial charge in [-0.25, -0.2) is 9.50 Å². The molecule has 31 heavy (non-hydrogen) atoms. The van der Waals surface area contributed by atoms with Gasteiger partial charge in [-0.15, -0.1) is 0 Å². The number of pyridine rings is 2. The standard InChI is InChI=1S/C23H22N8/c1-29-10-17(9-27-29)15-4-18(23-16(5-24)8-28-31(23)11-15)14-2-3-22(26-7-14)30-12-20-19(6-25)21(20)13-30/h2-4,7-11,19-21H,6,12-13,25H2,1H3. The lowest BCUT2D eigenvalue weighted by Gasteiger charge is -2.20. The molecule has 5 heterocycles. The number of nitrogens with zero attached hydrogens (tertiary/aromatic N) is 7. The molecule has 2 unspecified atom stereocenters. The lowest BCUT2D eigenvalue weighted by Crippen LogP contribution is -2.26. The average molecular weight is 410 g/mol. The highest BCUT2D eigenvalue weighted by Crippen LogP contribution is 2.51. The number of anilines is 1. The summed E-state index contributed by atoms with van der Waals surface area (Å²) in [6.07, 6.45) is 9.24. The first kappa shape index (κ1) is 18.1. The Hall–Kier alpha value is -3.70. The molecule has 0 bridgehead atoms. The Bertz CT molecular complexity index is 1310. The summed E-state index contributed by atoms with van der Waals surface area (Å²) >= 11 is 0. The van der Waals surface area contributed by atoms with Crippen molar-refractivity contribution in [1.82, 2.24) is 24.4 Å². The highest BCUT2D eigenvalue weighted by atomic mass is 15.2. The van der Waals surface area contributed by atoms with Crippen molar-refractivity contribution in [2.24, 2.45) is 30.5 Å². The van der Waals surface area contributed by atoms with Crippen LogP contribution >= 0.6 is 0 Å². The van der Waals surface area contributed by atoms with Gasteiger partial charge in [0.15, 0.2) is 0 Å². The summed E-state index contributed by atoms with van der Waals surface area (Å²) in [6.45, 7) is 2.88. The molecule has 2 aliphatic rings. The topological polar surface area (TPSA) is 101 Å². The maximum Gasteiger partial charge on any atom is 0.128 e. The van der Waals surface area contributed by atoms with Crippen LogP contribution in [0.5, 0.6) is 0 Å². The molecule has 1 saturated carbocycles. The second-order valence-electron chi connectivity index (χ2n) is 8.55. The highest BCUT2D eigenvalue weighted by molar-refractivity contribution is 5.87. The van der Waals surface area contributed by atoms with Crippen molar-refractivity contribution in [3.63, 3.8) is 0 Å². The van der Waals surface area contributed by atoms with Gasteiger partial charge in [0.2, 0.25) is 0 Å². The third kappa shape index (κ3) is 2.81. The van der Waals surface area contributed by atoms with Crippen molar-refractivity contribution >= 4 is 11.3 Å². The number of nitriles is 1. The van der Waals surface area contributed by atoms with Gasteiger partial charge in [-0.1, -0.05) is 0 Å². The van der Waals surface area contributed by atoms with Crippen LogP contribution in [0, 0.1) is 29.1 Å². The van der Waals surface area contributed by atoms with Crippen LogP contribution in [0.3, 0.4) is 0 Å². The predicted octanol–water partition coefficient (Wildman–Crippen LogP) is 2.31. The molecule has 0 aromatic carbocycles. The van der Waals surface area contributed by atoms with Crippen LogP contribution in [0.25, 0.3) is 27.8 Å². The molecule has 1 aliphatic heterocycles. The molecule has 1 saturated heterocycles. The van der Waals surface area contributed by atoms with E-state index in [4.69, 9.17) is 10.7 Å². The van der Waals surface area contributed by atoms with Crippen LogP contribution < -0.4 is 10.6 Å². The van der Waals surface area contributed by atoms with Crippen molar-refractivity contribution < 1.29 is 0 Å². The van der Waals surface area contributed by atoms with Gasteiger partial charge in [-0.3, -0.25) is 4.68 Å². The molecule has 4 aromatic rings. The minimum atomic E-state index is 0.546. The molecule has 8 heteroatoms. The summed E-state index contributed by atoms with van der Waals surface area (Å²) in [4.78, 5) is 7.12. The van der Waals surface area contributed by atoms with Gasteiger partial charge in [0.05, 0.1) is 23.5 Å². The minimum absolute atomic E-state index is 0.546. The Kier molecular flexibility index (Phi) is 3.88. The Morgan fingerprint density at radius 1 is 1.06 bits per heavy atom. The number of piperidine rings is 1. The van der Waals surface area contributed by atoms with Crippen molar-refractivity contribution in [1.29, 1.82) is 5.26 Å². The first-order valence-electron chi connectivity index (χ1n) is 10.5. The number of aryl methyl sites for hydroxylation is 1. The number of fused-ring (bicyclic) bond motifs is 2. The van der Waals surface area contributed by atoms with E-state index in [1.807, 2.05) is 31.8 Å². The molecule has 154 valence electrons. The van der Waals surface area contributed by atoms with Gasteiger partial charge in [0.1, 0.15) is 11.9 Å². The lowest BCUT2D eigenvalue weighted by molar-refractivity contribution is 0.644. The van der Waals surface area contributed by atoms with Crippen LogP contribution in [0.15, 0.2) is 49.2 Å². The number of rotatable bonds is 4. The second kappa shape index (κ2) is 6.65. The monoisotopic (exact) mass is 410 g/mol. The third-order valence-electron chi connectivity index (χ3n) is 6.80. The highest BCUT2D eigenvalue weighted by Gasteiger charge is 2.54. The van der Waals surface area contributed by atoms with Gasteiger partial charge in [0, 0.05) is 61.0 Å². The summed E-state index contributed by atoms with van der Waals surface area (Å²) in [5.41, 5.74) is 11.0. The molecule has 2 fully saturated rings. The number of nitrogens with two attached hydrogens (primary N) is 1. The van der Waals surface area contributed by atoms with E-state index in [1.54, 1.807) is 15.4 Å². The maximum atomic E-state index is 9.60. The fraction of sp³-hybridized carbons (Fsp3) is 0.304. The average Bonchev–Trinajstić information content (AvgIpc) is 3.23. The summed E-state index contributed by atoms with van der Waals surface area (Å²) in [5, 5.41) is 18.3. The van der Waals surface area contributed by atoms with E-state index < -0.39 is 0 Å². The Morgan fingerprint density at radius 2 is 1.90 bits per heavy atom.